The van der Waals surface area contributed by atoms with Crippen LogP contribution in [-0.2, 0) is 9.53 Å². The lowest BCUT2D eigenvalue weighted by molar-refractivity contribution is -0.127. The van der Waals surface area contributed by atoms with E-state index >= 15 is 0 Å². The summed E-state index contributed by atoms with van der Waals surface area (Å²) in [5.41, 5.74) is 0.651. The molecule has 1 fully saturated rings. The molecule has 3 unspecified atom stereocenters. The van der Waals surface area contributed by atoms with Gasteiger partial charge in [-0.2, -0.15) is 0 Å². The van der Waals surface area contributed by atoms with Gasteiger partial charge in [0, 0.05) is 5.69 Å². The highest BCUT2D eigenvalue weighted by molar-refractivity contribution is 5.93. The Morgan fingerprint density at radius 1 is 1.29 bits per heavy atom. The normalized spacial score (nSPS) is 21.3. The number of benzene rings is 1. The van der Waals surface area contributed by atoms with E-state index in [1.54, 1.807) is 12.1 Å². The van der Waals surface area contributed by atoms with Crippen molar-refractivity contribution in [1.29, 1.82) is 0 Å². The second-order valence-corrected chi connectivity index (χ2v) is 6.31. The number of carbonyl (C=O) groups is 2. The lowest BCUT2D eigenvalue weighted by atomic mass is 10.0. The number of aliphatic hydroxyl groups excluding tert-OH is 1. The number of ether oxygens (including phenoxy) is 1. The highest BCUT2D eigenvalue weighted by atomic mass is 16.6. The van der Waals surface area contributed by atoms with Crippen molar-refractivity contribution in [3.05, 3.63) is 30.3 Å². The summed E-state index contributed by atoms with van der Waals surface area (Å²) in [6.07, 6.45) is 0.0571. The van der Waals surface area contributed by atoms with E-state index in [4.69, 9.17) is 4.74 Å². The van der Waals surface area contributed by atoms with Crippen LogP contribution in [0.25, 0.3) is 0 Å². The van der Waals surface area contributed by atoms with Crippen LogP contribution < -0.4 is 16.0 Å². The maximum absolute atomic E-state index is 12.4. The van der Waals surface area contributed by atoms with Gasteiger partial charge in [-0.3, -0.25) is 4.79 Å². The average Bonchev–Trinajstić information content (AvgIpc) is 2.92. The van der Waals surface area contributed by atoms with E-state index in [9.17, 15) is 14.7 Å². The zero-order valence-electron chi connectivity index (χ0n) is 14.0. The third-order valence-electron chi connectivity index (χ3n) is 3.75. The zero-order chi connectivity index (χ0) is 17.5. The van der Waals surface area contributed by atoms with E-state index in [1.165, 1.54) is 0 Å². The molecule has 1 saturated heterocycles. The van der Waals surface area contributed by atoms with Crippen LogP contribution in [0.3, 0.4) is 0 Å². The Balaban J connectivity index is 1.93. The molecule has 0 aromatic heterocycles. The minimum absolute atomic E-state index is 0.225. The maximum Gasteiger partial charge on any atom is 0.319 e. The predicted molar refractivity (Wildman–Crippen MR) is 90.3 cm³/mol. The van der Waals surface area contributed by atoms with E-state index in [-0.39, 0.29) is 11.8 Å². The van der Waals surface area contributed by atoms with Crippen molar-refractivity contribution in [2.75, 3.05) is 11.9 Å². The number of hydrogen-bond acceptors (Lipinski definition) is 4. The fourth-order valence-electron chi connectivity index (χ4n) is 2.55. The quantitative estimate of drug-likeness (QED) is 0.632. The minimum atomic E-state index is -0.994. The molecule has 2 rings (SSSR count). The maximum atomic E-state index is 12.4. The summed E-state index contributed by atoms with van der Waals surface area (Å²) in [6.45, 7) is 4.36. The van der Waals surface area contributed by atoms with Gasteiger partial charge < -0.3 is 25.8 Å². The standard InChI is InChI=1S/C17H25N3O4/c1-11(2)10-14(15(21)19-13-8-9-24-16(13)22)20-17(23)18-12-6-4-3-5-7-12/h3-7,11,13-14,16,22H,8-10H2,1-2H3,(H,19,21)(H2,18,20,23). The molecule has 24 heavy (non-hydrogen) atoms. The lowest BCUT2D eigenvalue weighted by Gasteiger charge is -2.23. The summed E-state index contributed by atoms with van der Waals surface area (Å²) in [7, 11) is 0. The summed E-state index contributed by atoms with van der Waals surface area (Å²) in [5.74, 6) is -0.0935. The van der Waals surface area contributed by atoms with E-state index in [0.717, 1.165) is 0 Å². The van der Waals surface area contributed by atoms with Crippen LogP contribution in [0.2, 0.25) is 0 Å². The molecule has 7 heteroatoms. The van der Waals surface area contributed by atoms with E-state index < -0.39 is 24.4 Å². The first-order valence-corrected chi connectivity index (χ1v) is 8.18. The van der Waals surface area contributed by atoms with Crippen LogP contribution in [-0.4, -0.2) is 42.0 Å². The van der Waals surface area contributed by atoms with Crippen molar-refractivity contribution in [3.8, 4) is 0 Å². The van der Waals surface area contributed by atoms with Gasteiger partial charge in [0.25, 0.3) is 0 Å². The fourth-order valence-corrected chi connectivity index (χ4v) is 2.55. The molecule has 1 aliphatic rings. The number of rotatable bonds is 6. The topological polar surface area (TPSA) is 99.7 Å². The molecule has 132 valence electrons. The first-order valence-electron chi connectivity index (χ1n) is 8.18. The van der Waals surface area contributed by atoms with Crippen LogP contribution in [0, 0.1) is 5.92 Å². The van der Waals surface area contributed by atoms with Gasteiger partial charge >= 0.3 is 6.03 Å². The Morgan fingerprint density at radius 2 is 2.00 bits per heavy atom. The molecule has 7 nitrogen and oxygen atoms in total. The number of aliphatic hydroxyl groups is 1. The number of amides is 3. The number of urea groups is 1. The minimum Gasteiger partial charge on any atom is -0.366 e. The summed E-state index contributed by atoms with van der Waals surface area (Å²) in [5, 5.41) is 17.8. The van der Waals surface area contributed by atoms with E-state index in [0.29, 0.717) is 25.1 Å². The van der Waals surface area contributed by atoms with Gasteiger partial charge in [0.2, 0.25) is 5.91 Å². The third-order valence-corrected chi connectivity index (χ3v) is 3.75. The van der Waals surface area contributed by atoms with Crippen LogP contribution >= 0.6 is 0 Å². The third kappa shape index (κ3) is 5.50. The molecule has 1 aromatic rings. The molecule has 1 aromatic carbocycles. The Labute approximate surface area is 141 Å². The van der Waals surface area contributed by atoms with Crippen molar-refractivity contribution in [3.63, 3.8) is 0 Å². The second kappa shape index (κ2) is 8.65. The van der Waals surface area contributed by atoms with Gasteiger partial charge in [-0.15, -0.1) is 0 Å². The predicted octanol–water partition coefficient (Wildman–Crippen LogP) is 1.45. The number of anilines is 1. The molecule has 1 aliphatic heterocycles. The lowest BCUT2D eigenvalue weighted by Crippen LogP contribution is -2.52. The largest absolute Gasteiger partial charge is 0.366 e. The smallest absolute Gasteiger partial charge is 0.319 e. The monoisotopic (exact) mass is 335 g/mol. The zero-order valence-corrected chi connectivity index (χ0v) is 14.0. The van der Waals surface area contributed by atoms with Gasteiger partial charge in [0.05, 0.1) is 12.6 Å². The van der Waals surface area contributed by atoms with Crippen molar-refractivity contribution in [1.82, 2.24) is 10.6 Å². The highest BCUT2D eigenvalue weighted by Crippen LogP contribution is 2.12. The Bertz CT molecular complexity index is 550. The number of carbonyl (C=O) groups excluding carboxylic acids is 2. The SMILES string of the molecule is CC(C)CC(NC(=O)Nc1ccccc1)C(=O)NC1CCOC1O. The number of nitrogens with one attached hydrogen (secondary N) is 3. The molecule has 0 spiro atoms. The molecule has 3 amide bonds. The first kappa shape index (κ1) is 18.2. The fraction of sp³-hybridized carbons (Fsp3) is 0.529. The first-order chi connectivity index (χ1) is 11.5. The summed E-state index contributed by atoms with van der Waals surface area (Å²) in [4.78, 5) is 24.6. The molecular weight excluding hydrogens is 310 g/mol. The summed E-state index contributed by atoms with van der Waals surface area (Å²) in [6, 6.07) is 7.46. The Morgan fingerprint density at radius 3 is 2.58 bits per heavy atom. The molecule has 0 saturated carbocycles. The summed E-state index contributed by atoms with van der Waals surface area (Å²) >= 11 is 0. The molecule has 4 N–H and O–H groups in total. The Hall–Kier alpha value is -2.12. The molecule has 3 atom stereocenters. The molecule has 0 bridgehead atoms. The van der Waals surface area contributed by atoms with Crippen LogP contribution in [0.1, 0.15) is 26.7 Å². The Kier molecular flexibility index (Phi) is 6.57. The van der Waals surface area contributed by atoms with E-state index in [2.05, 4.69) is 16.0 Å². The molecule has 0 aliphatic carbocycles. The number of hydrogen-bond donors (Lipinski definition) is 4. The van der Waals surface area contributed by atoms with Crippen molar-refractivity contribution < 1.29 is 19.4 Å². The molecule has 1 heterocycles. The second-order valence-electron chi connectivity index (χ2n) is 6.31. The van der Waals surface area contributed by atoms with Gasteiger partial charge in [-0.25, -0.2) is 4.79 Å². The molecular formula is C17H25N3O4. The van der Waals surface area contributed by atoms with Crippen LogP contribution in [0.15, 0.2) is 30.3 Å². The van der Waals surface area contributed by atoms with Gasteiger partial charge in [-0.1, -0.05) is 32.0 Å². The average molecular weight is 335 g/mol. The van der Waals surface area contributed by atoms with Crippen molar-refractivity contribution in [2.24, 2.45) is 5.92 Å². The van der Waals surface area contributed by atoms with Gasteiger partial charge in [0.1, 0.15) is 6.04 Å². The van der Waals surface area contributed by atoms with Gasteiger partial charge in [-0.05, 0) is 30.9 Å². The number of para-hydroxylation sites is 1. The highest BCUT2D eigenvalue weighted by Gasteiger charge is 2.31. The van der Waals surface area contributed by atoms with Crippen molar-refractivity contribution in [2.45, 2.75) is 45.1 Å². The summed E-state index contributed by atoms with van der Waals surface area (Å²) < 4.78 is 5.03. The molecule has 0 radical (unpaired) electrons. The van der Waals surface area contributed by atoms with Crippen LogP contribution in [0.4, 0.5) is 10.5 Å². The van der Waals surface area contributed by atoms with Crippen LogP contribution in [0.5, 0.6) is 0 Å². The van der Waals surface area contributed by atoms with Gasteiger partial charge in [0.15, 0.2) is 6.29 Å². The van der Waals surface area contributed by atoms with E-state index in [1.807, 2.05) is 32.0 Å². The van der Waals surface area contributed by atoms with Crippen molar-refractivity contribution >= 4 is 17.6 Å².